The third-order valence-electron chi connectivity index (χ3n) is 2.70. The molecular formula is C12H22N4O2S. The third-order valence-corrected chi connectivity index (χ3v) is 4.24. The van der Waals surface area contributed by atoms with Crippen molar-refractivity contribution in [3.05, 3.63) is 12.4 Å². The SMILES string of the molecule is CNc1ncc(S(=O)(=O)NC(C)CCC(C)C)cn1. The molecule has 0 radical (unpaired) electrons. The molecule has 0 bridgehead atoms. The Morgan fingerprint density at radius 1 is 1.16 bits per heavy atom. The van der Waals surface area contributed by atoms with Crippen molar-refractivity contribution in [1.29, 1.82) is 0 Å². The molecule has 1 aromatic rings. The molecule has 0 aliphatic carbocycles. The summed E-state index contributed by atoms with van der Waals surface area (Å²) in [5.41, 5.74) is 0. The number of hydrogen-bond donors (Lipinski definition) is 2. The van der Waals surface area contributed by atoms with E-state index in [9.17, 15) is 8.42 Å². The standard InChI is InChI=1S/C12H22N4O2S/c1-9(2)5-6-10(3)16-19(17,18)11-7-14-12(13-4)15-8-11/h7-10,16H,5-6H2,1-4H3,(H,13,14,15). The Morgan fingerprint density at radius 2 is 1.74 bits per heavy atom. The molecule has 0 fully saturated rings. The predicted octanol–water partition coefficient (Wildman–Crippen LogP) is 1.62. The van der Waals surface area contributed by atoms with Gasteiger partial charge in [-0.1, -0.05) is 13.8 Å². The molecule has 0 aromatic carbocycles. The zero-order valence-electron chi connectivity index (χ0n) is 11.8. The number of sulfonamides is 1. The Kier molecular flexibility index (Phi) is 5.68. The van der Waals surface area contributed by atoms with Crippen LogP contribution in [0.25, 0.3) is 0 Å². The predicted molar refractivity (Wildman–Crippen MR) is 75.4 cm³/mol. The molecule has 1 unspecified atom stereocenters. The maximum atomic E-state index is 12.1. The van der Waals surface area contributed by atoms with Gasteiger partial charge in [0.1, 0.15) is 4.90 Å². The minimum Gasteiger partial charge on any atom is -0.357 e. The first kappa shape index (κ1) is 15.8. The second kappa shape index (κ2) is 6.81. The van der Waals surface area contributed by atoms with Crippen molar-refractivity contribution >= 4 is 16.0 Å². The Balaban J connectivity index is 2.69. The molecule has 0 spiro atoms. The van der Waals surface area contributed by atoms with Crippen LogP contribution >= 0.6 is 0 Å². The molecule has 1 aromatic heterocycles. The number of hydrogen-bond acceptors (Lipinski definition) is 5. The quantitative estimate of drug-likeness (QED) is 0.795. The summed E-state index contributed by atoms with van der Waals surface area (Å²) < 4.78 is 26.8. The molecule has 0 saturated carbocycles. The van der Waals surface area contributed by atoms with Crippen molar-refractivity contribution in [2.45, 2.75) is 44.6 Å². The monoisotopic (exact) mass is 286 g/mol. The van der Waals surface area contributed by atoms with Crippen LogP contribution in [0.1, 0.15) is 33.6 Å². The lowest BCUT2D eigenvalue weighted by atomic mass is 10.1. The van der Waals surface area contributed by atoms with Gasteiger partial charge in [0.15, 0.2) is 0 Å². The second-order valence-electron chi connectivity index (χ2n) is 4.99. The fourth-order valence-corrected chi connectivity index (χ4v) is 2.73. The average Bonchev–Trinajstić information content (AvgIpc) is 2.36. The maximum absolute atomic E-state index is 12.1. The zero-order valence-corrected chi connectivity index (χ0v) is 12.7. The van der Waals surface area contributed by atoms with E-state index in [1.165, 1.54) is 12.4 Å². The van der Waals surface area contributed by atoms with Crippen molar-refractivity contribution in [3.63, 3.8) is 0 Å². The second-order valence-corrected chi connectivity index (χ2v) is 6.70. The summed E-state index contributed by atoms with van der Waals surface area (Å²) in [7, 11) is -1.86. The summed E-state index contributed by atoms with van der Waals surface area (Å²) in [6, 6.07) is -0.101. The van der Waals surface area contributed by atoms with Crippen LogP contribution in [-0.4, -0.2) is 31.5 Å². The van der Waals surface area contributed by atoms with Gasteiger partial charge in [-0.05, 0) is 25.7 Å². The van der Waals surface area contributed by atoms with Gasteiger partial charge in [-0.15, -0.1) is 0 Å². The highest BCUT2D eigenvalue weighted by atomic mass is 32.2. The van der Waals surface area contributed by atoms with E-state index in [2.05, 4.69) is 33.9 Å². The molecule has 19 heavy (non-hydrogen) atoms. The Morgan fingerprint density at radius 3 is 2.21 bits per heavy atom. The summed E-state index contributed by atoms with van der Waals surface area (Å²) in [6.45, 7) is 6.10. The topological polar surface area (TPSA) is 84.0 Å². The van der Waals surface area contributed by atoms with Crippen molar-refractivity contribution in [1.82, 2.24) is 14.7 Å². The molecule has 0 amide bonds. The van der Waals surface area contributed by atoms with Crippen molar-refractivity contribution in [3.8, 4) is 0 Å². The van der Waals surface area contributed by atoms with Crippen LogP contribution in [0, 0.1) is 5.92 Å². The van der Waals surface area contributed by atoms with Crippen molar-refractivity contribution in [2.75, 3.05) is 12.4 Å². The molecule has 6 nitrogen and oxygen atoms in total. The molecular weight excluding hydrogens is 264 g/mol. The number of anilines is 1. The van der Waals surface area contributed by atoms with E-state index >= 15 is 0 Å². The Bertz CT molecular complexity index is 485. The highest BCUT2D eigenvalue weighted by Crippen LogP contribution is 2.11. The highest BCUT2D eigenvalue weighted by Gasteiger charge is 2.18. The van der Waals surface area contributed by atoms with Gasteiger partial charge in [-0.25, -0.2) is 23.1 Å². The number of nitrogens with zero attached hydrogens (tertiary/aromatic N) is 2. The summed E-state index contributed by atoms with van der Waals surface area (Å²) in [5.74, 6) is 0.956. The molecule has 1 rings (SSSR count). The third kappa shape index (κ3) is 5.12. The van der Waals surface area contributed by atoms with Gasteiger partial charge < -0.3 is 5.32 Å². The molecule has 2 N–H and O–H groups in total. The number of nitrogens with one attached hydrogen (secondary N) is 2. The van der Waals surface area contributed by atoms with Crippen LogP contribution in [0.3, 0.4) is 0 Å². The van der Waals surface area contributed by atoms with Gasteiger partial charge in [0.2, 0.25) is 16.0 Å². The van der Waals surface area contributed by atoms with E-state index in [0.717, 1.165) is 12.8 Å². The largest absolute Gasteiger partial charge is 0.357 e. The first-order valence-corrected chi connectivity index (χ1v) is 7.85. The van der Waals surface area contributed by atoms with E-state index in [1.54, 1.807) is 7.05 Å². The van der Waals surface area contributed by atoms with E-state index in [-0.39, 0.29) is 10.9 Å². The lowest BCUT2D eigenvalue weighted by Gasteiger charge is -2.15. The average molecular weight is 286 g/mol. The fraction of sp³-hybridized carbons (Fsp3) is 0.667. The van der Waals surface area contributed by atoms with E-state index in [1.807, 2.05) is 6.92 Å². The van der Waals surface area contributed by atoms with Crippen LogP contribution in [0.4, 0.5) is 5.95 Å². The normalized spacial score (nSPS) is 13.5. The maximum Gasteiger partial charge on any atom is 0.243 e. The molecule has 0 aliphatic heterocycles. The Hall–Kier alpha value is -1.21. The molecule has 7 heteroatoms. The van der Waals surface area contributed by atoms with Gasteiger partial charge in [0, 0.05) is 13.1 Å². The Labute approximate surface area is 115 Å². The molecule has 0 aliphatic rings. The summed E-state index contributed by atoms with van der Waals surface area (Å²) in [6.07, 6.45) is 4.40. The first-order valence-electron chi connectivity index (χ1n) is 6.37. The summed E-state index contributed by atoms with van der Waals surface area (Å²) in [5, 5.41) is 2.74. The minimum atomic E-state index is -3.54. The van der Waals surface area contributed by atoms with Crippen LogP contribution < -0.4 is 10.0 Å². The molecule has 108 valence electrons. The number of rotatable bonds is 7. The van der Waals surface area contributed by atoms with Gasteiger partial charge in [0.25, 0.3) is 0 Å². The van der Waals surface area contributed by atoms with Crippen LogP contribution in [0.5, 0.6) is 0 Å². The molecule has 0 saturated heterocycles. The van der Waals surface area contributed by atoms with Crippen molar-refractivity contribution in [2.24, 2.45) is 5.92 Å². The van der Waals surface area contributed by atoms with Crippen LogP contribution in [-0.2, 0) is 10.0 Å². The summed E-state index contributed by atoms with van der Waals surface area (Å²) >= 11 is 0. The molecule has 1 atom stereocenters. The van der Waals surface area contributed by atoms with Crippen molar-refractivity contribution < 1.29 is 8.42 Å². The highest BCUT2D eigenvalue weighted by molar-refractivity contribution is 7.89. The van der Waals surface area contributed by atoms with Gasteiger partial charge in [-0.3, -0.25) is 0 Å². The lowest BCUT2D eigenvalue weighted by molar-refractivity contribution is 0.485. The van der Waals surface area contributed by atoms with Crippen LogP contribution in [0.2, 0.25) is 0 Å². The van der Waals surface area contributed by atoms with Gasteiger partial charge >= 0.3 is 0 Å². The van der Waals surface area contributed by atoms with Crippen LogP contribution in [0.15, 0.2) is 17.3 Å². The lowest BCUT2D eigenvalue weighted by Crippen LogP contribution is -2.33. The zero-order chi connectivity index (χ0) is 14.5. The first-order chi connectivity index (χ1) is 8.85. The smallest absolute Gasteiger partial charge is 0.243 e. The molecule has 1 heterocycles. The summed E-state index contributed by atoms with van der Waals surface area (Å²) in [4.78, 5) is 7.89. The fourth-order valence-electron chi connectivity index (χ4n) is 1.56. The van der Waals surface area contributed by atoms with E-state index in [0.29, 0.717) is 11.9 Å². The van der Waals surface area contributed by atoms with E-state index in [4.69, 9.17) is 0 Å². The minimum absolute atomic E-state index is 0.0860. The van der Waals surface area contributed by atoms with E-state index < -0.39 is 10.0 Å². The van der Waals surface area contributed by atoms with Gasteiger partial charge in [0.05, 0.1) is 12.4 Å². The number of aromatic nitrogens is 2. The van der Waals surface area contributed by atoms with Gasteiger partial charge in [-0.2, -0.15) is 0 Å².